The fourth-order valence-corrected chi connectivity index (χ4v) is 3.23. The first-order valence-electron chi connectivity index (χ1n) is 7.61. The van der Waals surface area contributed by atoms with Gasteiger partial charge in [0.2, 0.25) is 0 Å². The zero-order valence-corrected chi connectivity index (χ0v) is 12.8. The largest absolute Gasteiger partial charge is 0.398 e. The highest BCUT2D eigenvalue weighted by Crippen LogP contribution is 2.37. The third kappa shape index (κ3) is 2.23. The van der Waals surface area contributed by atoms with E-state index in [2.05, 4.69) is 31.2 Å². The highest BCUT2D eigenvalue weighted by atomic mass is 19.1. The lowest BCUT2D eigenvalue weighted by molar-refractivity contribution is 0.630. The summed E-state index contributed by atoms with van der Waals surface area (Å²) >= 11 is 0. The van der Waals surface area contributed by atoms with E-state index >= 15 is 0 Å². The highest BCUT2D eigenvalue weighted by Gasteiger charge is 2.11. The van der Waals surface area contributed by atoms with Crippen LogP contribution in [0.25, 0.3) is 32.7 Å². The number of hydrogen-bond acceptors (Lipinski definition) is 1. The summed E-state index contributed by atoms with van der Waals surface area (Å²) < 4.78 is 13.6. The quantitative estimate of drug-likeness (QED) is 0.355. The van der Waals surface area contributed by atoms with Crippen LogP contribution in [0.4, 0.5) is 10.1 Å². The molecule has 0 aliphatic heterocycles. The number of anilines is 1. The van der Waals surface area contributed by atoms with Crippen molar-refractivity contribution in [3.63, 3.8) is 0 Å². The van der Waals surface area contributed by atoms with E-state index in [0.29, 0.717) is 0 Å². The van der Waals surface area contributed by atoms with Crippen LogP contribution in [0.1, 0.15) is 5.56 Å². The molecule has 4 aromatic carbocycles. The molecular weight excluding hydrogens is 285 g/mol. The Balaban J connectivity index is 2.14. The van der Waals surface area contributed by atoms with Gasteiger partial charge in [-0.05, 0) is 69.9 Å². The van der Waals surface area contributed by atoms with Crippen molar-refractivity contribution in [2.75, 3.05) is 5.73 Å². The van der Waals surface area contributed by atoms with Crippen molar-refractivity contribution in [1.82, 2.24) is 0 Å². The Morgan fingerprint density at radius 2 is 1.57 bits per heavy atom. The van der Waals surface area contributed by atoms with E-state index in [1.165, 1.54) is 6.07 Å². The number of para-hydroxylation sites is 1. The topological polar surface area (TPSA) is 26.0 Å². The molecule has 0 bridgehead atoms. The lowest BCUT2D eigenvalue weighted by Gasteiger charge is -2.14. The van der Waals surface area contributed by atoms with E-state index in [9.17, 15) is 4.39 Å². The van der Waals surface area contributed by atoms with Gasteiger partial charge < -0.3 is 5.73 Å². The van der Waals surface area contributed by atoms with E-state index in [4.69, 9.17) is 5.73 Å². The molecule has 0 amide bonds. The average Bonchev–Trinajstić information content (AvgIpc) is 2.54. The Morgan fingerprint density at radius 3 is 2.39 bits per heavy atom. The maximum atomic E-state index is 13.6. The Morgan fingerprint density at radius 1 is 0.783 bits per heavy atom. The summed E-state index contributed by atoms with van der Waals surface area (Å²) in [4.78, 5) is 0. The van der Waals surface area contributed by atoms with Crippen LogP contribution >= 0.6 is 0 Å². The predicted molar refractivity (Wildman–Crippen MR) is 96.0 cm³/mol. The first kappa shape index (κ1) is 13.8. The summed E-state index contributed by atoms with van der Waals surface area (Å²) in [5.41, 5.74) is 10.2. The zero-order chi connectivity index (χ0) is 16.0. The van der Waals surface area contributed by atoms with Gasteiger partial charge in [0.25, 0.3) is 0 Å². The number of benzene rings is 4. The van der Waals surface area contributed by atoms with Crippen LogP contribution in [-0.4, -0.2) is 0 Å². The first-order chi connectivity index (χ1) is 11.1. The van der Waals surface area contributed by atoms with Crippen molar-refractivity contribution >= 4 is 27.2 Å². The van der Waals surface area contributed by atoms with E-state index in [1.807, 2.05) is 30.3 Å². The first-order valence-corrected chi connectivity index (χ1v) is 7.61. The van der Waals surface area contributed by atoms with Crippen LogP contribution in [0.15, 0.2) is 66.7 Å². The number of halogens is 1. The molecule has 112 valence electrons. The molecule has 0 atom stereocenters. The summed E-state index contributed by atoms with van der Waals surface area (Å²) in [7, 11) is 0. The number of rotatable bonds is 1. The van der Waals surface area contributed by atoms with Gasteiger partial charge in [-0.1, -0.05) is 36.4 Å². The molecule has 0 saturated heterocycles. The highest BCUT2D eigenvalue weighted by molar-refractivity contribution is 6.07. The van der Waals surface area contributed by atoms with Crippen LogP contribution in [0.3, 0.4) is 0 Å². The molecule has 0 aromatic heterocycles. The van der Waals surface area contributed by atoms with Gasteiger partial charge in [-0.2, -0.15) is 0 Å². The van der Waals surface area contributed by atoms with Crippen LogP contribution in [0.5, 0.6) is 0 Å². The van der Waals surface area contributed by atoms with Gasteiger partial charge in [-0.15, -0.1) is 0 Å². The molecule has 4 rings (SSSR count). The van der Waals surface area contributed by atoms with Crippen molar-refractivity contribution in [2.24, 2.45) is 0 Å². The number of hydrogen-bond donors (Lipinski definition) is 1. The van der Waals surface area contributed by atoms with Gasteiger partial charge in [0, 0.05) is 11.3 Å². The van der Waals surface area contributed by atoms with Gasteiger partial charge in [0.05, 0.1) is 0 Å². The lowest BCUT2D eigenvalue weighted by Crippen LogP contribution is -1.93. The molecule has 23 heavy (non-hydrogen) atoms. The van der Waals surface area contributed by atoms with Crippen molar-refractivity contribution in [3.8, 4) is 11.1 Å². The minimum atomic E-state index is -0.217. The van der Waals surface area contributed by atoms with Crippen LogP contribution in [-0.2, 0) is 0 Å². The SMILES string of the molecule is Cc1ccc2cc3ccc(F)cc3cc2c1-c1ccccc1N. The summed E-state index contributed by atoms with van der Waals surface area (Å²) in [5, 5.41) is 4.17. The van der Waals surface area contributed by atoms with Crippen molar-refractivity contribution in [3.05, 3.63) is 78.1 Å². The van der Waals surface area contributed by atoms with Gasteiger partial charge in [-0.25, -0.2) is 4.39 Å². The minimum absolute atomic E-state index is 0.217. The summed E-state index contributed by atoms with van der Waals surface area (Å²) in [6.07, 6.45) is 0. The number of aryl methyl sites for hydroxylation is 1. The Kier molecular flexibility index (Phi) is 3.05. The Labute approximate surface area is 134 Å². The second-order valence-corrected chi connectivity index (χ2v) is 5.91. The Hall–Kier alpha value is -2.87. The fourth-order valence-electron chi connectivity index (χ4n) is 3.23. The molecule has 0 radical (unpaired) electrons. The normalized spacial score (nSPS) is 11.2. The molecule has 0 aliphatic rings. The molecule has 0 heterocycles. The molecule has 2 heteroatoms. The maximum absolute atomic E-state index is 13.6. The van der Waals surface area contributed by atoms with Gasteiger partial charge >= 0.3 is 0 Å². The third-order valence-electron chi connectivity index (χ3n) is 4.38. The molecule has 0 saturated carbocycles. The number of nitrogens with two attached hydrogens (primary N) is 1. The average molecular weight is 301 g/mol. The molecule has 0 spiro atoms. The number of fused-ring (bicyclic) bond motifs is 2. The smallest absolute Gasteiger partial charge is 0.123 e. The predicted octanol–water partition coefficient (Wildman–Crippen LogP) is 5.69. The van der Waals surface area contributed by atoms with Gasteiger partial charge in [0.1, 0.15) is 5.82 Å². The second-order valence-electron chi connectivity index (χ2n) is 5.91. The minimum Gasteiger partial charge on any atom is -0.398 e. The third-order valence-corrected chi connectivity index (χ3v) is 4.38. The summed E-state index contributed by atoms with van der Waals surface area (Å²) in [5.74, 6) is -0.217. The van der Waals surface area contributed by atoms with E-state index < -0.39 is 0 Å². The van der Waals surface area contributed by atoms with Gasteiger partial charge in [-0.3, -0.25) is 0 Å². The maximum Gasteiger partial charge on any atom is 0.123 e. The summed E-state index contributed by atoms with van der Waals surface area (Å²) in [6.45, 7) is 2.08. The standard InChI is InChI=1S/C21H16FN/c1-13-6-7-15-10-14-8-9-17(22)11-16(14)12-19(15)21(13)18-4-2-3-5-20(18)23/h2-12H,23H2,1H3. The van der Waals surface area contributed by atoms with E-state index in [-0.39, 0.29) is 5.82 Å². The summed E-state index contributed by atoms with van der Waals surface area (Å²) in [6, 6.07) is 21.1. The molecule has 1 nitrogen and oxygen atoms in total. The molecule has 2 N–H and O–H groups in total. The Bertz CT molecular complexity index is 1050. The van der Waals surface area contributed by atoms with Crippen LogP contribution in [0.2, 0.25) is 0 Å². The van der Waals surface area contributed by atoms with E-state index in [0.717, 1.165) is 43.9 Å². The number of nitrogen functional groups attached to an aromatic ring is 1. The molecule has 4 aromatic rings. The fraction of sp³-hybridized carbons (Fsp3) is 0.0476. The van der Waals surface area contributed by atoms with Crippen molar-refractivity contribution in [1.29, 1.82) is 0 Å². The lowest BCUT2D eigenvalue weighted by atomic mass is 9.91. The van der Waals surface area contributed by atoms with Crippen LogP contribution < -0.4 is 5.73 Å². The van der Waals surface area contributed by atoms with Crippen molar-refractivity contribution in [2.45, 2.75) is 6.92 Å². The van der Waals surface area contributed by atoms with Crippen LogP contribution in [0, 0.1) is 12.7 Å². The molecule has 0 fully saturated rings. The molecule has 0 aliphatic carbocycles. The molecule has 0 unspecified atom stereocenters. The van der Waals surface area contributed by atoms with E-state index in [1.54, 1.807) is 6.07 Å². The van der Waals surface area contributed by atoms with Gasteiger partial charge in [0.15, 0.2) is 0 Å². The monoisotopic (exact) mass is 301 g/mol. The van der Waals surface area contributed by atoms with Crippen molar-refractivity contribution < 1.29 is 4.39 Å². The molecular formula is C21H16FN. The zero-order valence-electron chi connectivity index (χ0n) is 12.8. The second kappa shape index (κ2) is 5.10.